The lowest BCUT2D eigenvalue weighted by Crippen LogP contribution is -1.99. The van der Waals surface area contributed by atoms with Gasteiger partial charge in [0.1, 0.15) is 0 Å². The molecule has 3 nitrogen and oxygen atoms in total. The maximum Gasteiger partial charge on any atom is 0.0827 e. The maximum atomic E-state index is 4.22. The standard InChI is InChI=1S/C15H21N3/c1-2-3-4-5-6-11-15-13-18(17-16-15)12-14-9-7-8-10-14/h2,7,9-10,13H,1,3-6,8,11-12H2. The van der Waals surface area contributed by atoms with Gasteiger partial charge in [-0.3, -0.25) is 0 Å². The van der Waals surface area contributed by atoms with E-state index in [1.54, 1.807) is 0 Å². The zero-order chi connectivity index (χ0) is 12.6. The van der Waals surface area contributed by atoms with Gasteiger partial charge in [-0.05, 0) is 37.7 Å². The average molecular weight is 243 g/mol. The van der Waals surface area contributed by atoms with Crippen molar-refractivity contribution in [3.8, 4) is 0 Å². The van der Waals surface area contributed by atoms with Gasteiger partial charge in [-0.15, -0.1) is 11.7 Å². The first-order valence-electron chi connectivity index (χ1n) is 6.74. The van der Waals surface area contributed by atoms with Crippen molar-refractivity contribution in [3.63, 3.8) is 0 Å². The van der Waals surface area contributed by atoms with Crippen LogP contribution in [0.15, 0.2) is 42.7 Å². The van der Waals surface area contributed by atoms with Gasteiger partial charge in [-0.25, -0.2) is 4.68 Å². The molecule has 2 rings (SSSR count). The minimum atomic E-state index is 0.847. The minimum Gasteiger partial charge on any atom is -0.248 e. The Labute approximate surface area is 109 Å². The van der Waals surface area contributed by atoms with E-state index in [0.29, 0.717) is 0 Å². The Balaban J connectivity index is 1.72. The third-order valence-electron chi connectivity index (χ3n) is 3.12. The fourth-order valence-corrected chi connectivity index (χ4v) is 2.11. The minimum absolute atomic E-state index is 0.847. The number of allylic oxidation sites excluding steroid dienone is 5. The lowest BCUT2D eigenvalue weighted by molar-refractivity contribution is 0.647. The van der Waals surface area contributed by atoms with Crippen molar-refractivity contribution in [2.75, 3.05) is 0 Å². The van der Waals surface area contributed by atoms with Crippen LogP contribution in [-0.4, -0.2) is 15.0 Å². The van der Waals surface area contributed by atoms with Crippen molar-refractivity contribution in [3.05, 3.63) is 48.3 Å². The predicted octanol–water partition coefficient (Wildman–Crippen LogP) is 3.45. The summed E-state index contributed by atoms with van der Waals surface area (Å²) in [5.41, 5.74) is 2.44. The van der Waals surface area contributed by atoms with Gasteiger partial charge in [-0.2, -0.15) is 0 Å². The molecule has 0 radical (unpaired) electrons. The van der Waals surface area contributed by atoms with Gasteiger partial charge >= 0.3 is 0 Å². The summed E-state index contributed by atoms with van der Waals surface area (Å²) in [6.07, 6.45) is 17.5. The van der Waals surface area contributed by atoms with Crippen molar-refractivity contribution >= 4 is 0 Å². The van der Waals surface area contributed by atoms with Crippen LogP contribution in [0.4, 0.5) is 0 Å². The van der Waals surface area contributed by atoms with E-state index >= 15 is 0 Å². The normalized spacial score (nSPS) is 13.9. The second-order valence-corrected chi connectivity index (χ2v) is 4.71. The monoisotopic (exact) mass is 243 g/mol. The maximum absolute atomic E-state index is 4.22. The largest absolute Gasteiger partial charge is 0.248 e. The summed E-state index contributed by atoms with van der Waals surface area (Å²) in [6.45, 7) is 4.58. The summed E-state index contributed by atoms with van der Waals surface area (Å²) < 4.78 is 1.93. The van der Waals surface area contributed by atoms with Crippen LogP contribution in [0.3, 0.4) is 0 Å². The Morgan fingerprint density at radius 2 is 2.28 bits per heavy atom. The van der Waals surface area contributed by atoms with E-state index in [2.05, 4.69) is 41.3 Å². The van der Waals surface area contributed by atoms with E-state index in [9.17, 15) is 0 Å². The Morgan fingerprint density at radius 1 is 1.33 bits per heavy atom. The molecular weight excluding hydrogens is 222 g/mol. The first kappa shape index (κ1) is 12.8. The first-order valence-corrected chi connectivity index (χ1v) is 6.74. The van der Waals surface area contributed by atoms with Crippen molar-refractivity contribution in [2.24, 2.45) is 0 Å². The number of aryl methyl sites for hydroxylation is 1. The zero-order valence-electron chi connectivity index (χ0n) is 10.9. The highest BCUT2D eigenvalue weighted by atomic mass is 15.4. The Bertz CT molecular complexity index is 440. The fraction of sp³-hybridized carbons (Fsp3) is 0.467. The van der Waals surface area contributed by atoms with Gasteiger partial charge in [-0.1, -0.05) is 35.9 Å². The average Bonchev–Trinajstić information content (AvgIpc) is 3.02. The number of nitrogens with zero attached hydrogens (tertiary/aromatic N) is 3. The highest BCUT2D eigenvalue weighted by Gasteiger charge is 2.03. The second kappa shape index (κ2) is 6.94. The van der Waals surface area contributed by atoms with E-state index in [1.807, 2.05) is 10.8 Å². The lowest BCUT2D eigenvalue weighted by atomic mass is 10.1. The van der Waals surface area contributed by atoms with Gasteiger partial charge in [0.25, 0.3) is 0 Å². The molecular formula is C15H21N3. The first-order chi connectivity index (χ1) is 8.88. The van der Waals surface area contributed by atoms with Crippen LogP contribution in [0.1, 0.15) is 37.8 Å². The number of hydrogen-bond donors (Lipinski definition) is 0. The zero-order valence-corrected chi connectivity index (χ0v) is 10.9. The fourth-order valence-electron chi connectivity index (χ4n) is 2.11. The van der Waals surface area contributed by atoms with E-state index in [-0.39, 0.29) is 0 Å². The molecule has 0 aliphatic heterocycles. The molecule has 0 aromatic carbocycles. The summed E-state index contributed by atoms with van der Waals surface area (Å²) in [7, 11) is 0. The van der Waals surface area contributed by atoms with E-state index in [4.69, 9.17) is 0 Å². The van der Waals surface area contributed by atoms with Crippen LogP contribution >= 0.6 is 0 Å². The molecule has 1 aromatic heterocycles. The molecule has 0 bridgehead atoms. The Morgan fingerprint density at radius 3 is 3.06 bits per heavy atom. The number of unbranched alkanes of at least 4 members (excludes halogenated alkanes) is 3. The predicted molar refractivity (Wildman–Crippen MR) is 74.2 cm³/mol. The van der Waals surface area contributed by atoms with Crippen LogP contribution in [0.25, 0.3) is 0 Å². The molecule has 1 heterocycles. The number of rotatable bonds is 8. The molecule has 18 heavy (non-hydrogen) atoms. The number of aromatic nitrogens is 3. The molecule has 0 unspecified atom stereocenters. The Hall–Kier alpha value is -1.64. The molecule has 1 aromatic rings. The third kappa shape index (κ3) is 3.99. The Kier molecular flexibility index (Phi) is 4.94. The van der Waals surface area contributed by atoms with Gasteiger partial charge in [0.15, 0.2) is 0 Å². The summed E-state index contributed by atoms with van der Waals surface area (Å²) >= 11 is 0. The second-order valence-electron chi connectivity index (χ2n) is 4.71. The molecule has 0 spiro atoms. The van der Waals surface area contributed by atoms with Crippen molar-refractivity contribution in [1.29, 1.82) is 0 Å². The number of hydrogen-bond acceptors (Lipinski definition) is 2. The summed E-state index contributed by atoms with van der Waals surface area (Å²) in [6, 6.07) is 0. The van der Waals surface area contributed by atoms with Crippen LogP contribution in [-0.2, 0) is 13.0 Å². The van der Waals surface area contributed by atoms with E-state index in [1.165, 1.54) is 24.8 Å². The van der Waals surface area contributed by atoms with Crippen molar-refractivity contribution < 1.29 is 0 Å². The molecule has 0 saturated heterocycles. The molecule has 1 aliphatic carbocycles. The van der Waals surface area contributed by atoms with Crippen LogP contribution < -0.4 is 0 Å². The SMILES string of the molecule is C=CCCCCCc1cn(CC2=CCC=C2)nn1. The molecule has 96 valence electrons. The topological polar surface area (TPSA) is 30.7 Å². The van der Waals surface area contributed by atoms with Gasteiger partial charge in [0, 0.05) is 6.20 Å². The van der Waals surface area contributed by atoms with Crippen molar-refractivity contribution in [1.82, 2.24) is 15.0 Å². The van der Waals surface area contributed by atoms with E-state index in [0.717, 1.165) is 31.5 Å². The molecule has 0 fully saturated rings. The molecule has 1 aliphatic rings. The molecule has 0 N–H and O–H groups in total. The highest BCUT2D eigenvalue weighted by molar-refractivity contribution is 5.25. The molecule has 0 amide bonds. The summed E-state index contributed by atoms with van der Waals surface area (Å²) in [4.78, 5) is 0. The quantitative estimate of drug-likeness (QED) is 0.517. The van der Waals surface area contributed by atoms with Gasteiger partial charge in [0.2, 0.25) is 0 Å². The molecule has 0 saturated carbocycles. The van der Waals surface area contributed by atoms with E-state index < -0.39 is 0 Å². The third-order valence-corrected chi connectivity index (χ3v) is 3.12. The smallest absolute Gasteiger partial charge is 0.0827 e. The molecule has 3 heteroatoms. The molecule has 0 atom stereocenters. The summed E-state index contributed by atoms with van der Waals surface area (Å²) in [5.74, 6) is 0. The van der Waals surface area contributed by atoms with Gasteiger partial charge < -0.3 is 0 Å². The van der Waals surface area contributed by atoms with Gasteiger partial charge in [0.05, 0.1) is 12.2 Å². The summed E-state index contributed by atoms with van der Waals surface area (Å²) in [5, 5.41) is 8.39. The van der Waals surface area contributed by atoms with Crippen LogP contribution in [0, 0.1) is 0 Å². The van der Waals surface area contributed by atoms with Crippen LogP contribution in [0.2, 0.25) is 0 Å². The lowest BCUT2D eigenvalue weighted by Gasteiger charge is -1.98. The van der Waals surface area contributed by atoms with Crippen molar-refractivity contribution in [2.45, 2.75) is 45.1 Å². The van der Waals surface area contributed by atoms with Crippen LogP contribution in [0.5, 0.6) is 0 Å². The highest BCUT2D eigenvalue weighted by Crippen LogP contribution is 2.11.